The molecule has 0 spiro atoms. The third-order valence-corrected chi connectivity index (χ3v) is 5.65. The van der Waals surface area contributed by atoms with Crippen molar-refractivity contribution in [1.29, 1.82) is 0 Å². The highest BCUT2D eigenvalue weighted by atomic mass is 32.2. The molecule has 1 fully saturated rings. The number of hydrogen-bond acceptors (Lipinski definition) is 5. The minimum atomic E-state index is -3.79. The zero-order valence-electron chi connectivity index (χ0n) is 14.0. The molecule has 0 radical (unpaired) electrons. The van der Waals surface area contributed by atoms with E-state index in [0.717, 1.165) is 18.2 Å². The third kappa shape index (κ3) is 5.21. The van der Waals surface area contributed by atoms with E-state index in [1.807, 2.05) is 0 Å². The summed E-state index contributed by atoms with van der Waals surface area (Å²) in [6.45, 7) is 2.89. The topological polar surface area (TPSA) is 105 Å². The molecule has 1 aromatic rings. The predicted octanol–water partition coefficient (Wildman–Crippen LogP) is 0.641. The zero-order chi connectivity index (χ0) is 18.4. The Morgan fingerprint density at radius 3 is 2.72 bits per heavy atom. The second-order valence-electron chi connectivity index (χ2n) is 5.87. The van der Waals surface area contributed by atoms with E-state index in [9.17, 15) is 22.7 Å². The van der Waals surface area contributed by atoms with E-state index in [2.05, 4.69) is 10.0 Å². The lowest BCUT2D eigenvalue weighted by Crippen LogP contribution is -2.38. The first-order chi connectivity index (χ1) is 11.8. The first kappa shape index (κ1) is 19.8. The normalized spacial score (nSPS) is 17.2. The summed E-state index contributed by atoms with van der Waals surface area (Å²) in [5.41, 5.74) is -0.377. The fourth-order valence-electron chi connectivity index (χ4n) is 2.68. The lowest BCUT2D eigenvalue weighted by molar-refractivity contribution is 0.00871. The summed E-state index contributed by atoms with van der Waals surface area (Å²) in [6, 6.07) is 3.03. The summed E-state index contributed by atoms with van der Waals surface area (Å²) >= 11 is 0. The Balaban J connectivity index is 2.05. The van der Waals surface area contributed by atoms with Crippen LogP contribution >= 0.6 is 0 Å². The molecule has 3 N–H and O–H groups in total. The van der Waals surface area contributed by atoms with Gasteiger partial charge in [0.05, 0.1) is 16.6 Å². The molecular formula is C16H23FN2O5S. The van der Waals surface area contributed by atoms with Crippen LogP contribution in [0.5, 0.6) is 0 Å². The van der Waals surface area contributed by atoms with E-state index in [1.165, 1.54) is 0 Å². The maximum atomic E-state index is 13.9. The lowest BCUT2D eigenvalue weighted by atomic mass is 9.94. The first-order valence-electron chi connectivity index (χ1n) is 8.18. The number of rotatable bonds is 7. The van der Waals surface area contributed by atoms with Gasteiger partial charge < -0.3 is 15.2 Å². The van der Waals surface area contributed by atoms with Crippen molar-refractivity contribution in [3.05, 3.63) is 29.6 Å². The average Bonchev–Trinajstić information content (AvgIpc) is 2.60. The van der Waals surface area contributed by atoms with Crippen molar-refractivity contribution in [2.75, 3.05) is 26.3 Å². The van der Waals surface area contributed by atoms with E-state index in [0.29, 0.717) is 26.1 Å². The van der Waals surface area contributed by atoms with Crippen molar-refractivity contribution in [2.24, 2.45) is 5.92 Å². The smallest absolute Gasteiger partial charge is 0.254 e. The Labute approximate surface area is 146 Å². The van der Waals surface area contributed by atoms with Gasteiger partial charge >= 0.3 is 0 Å². The summed E-state index contributed by atoms with van der Waals surface area (Å²) in [5, 5.41) is 12.6. The second-order valence-corrected chi connectivity index (χ2v) is 7.64. The molecule has 0 aromatic heterocycles. The van der Waals surface area contributed by atoms with Crippen molar-refractivity contribution >= 4 is 15.9 Å². The van der Waals surface area contributed by atoms with Crippen molar-refractivity contribution in [3.8, 4) is 0 Å². The molecule has 1 saturated heterocycles. The molecule has 1 aromatic carbocycles. The number of amides is 1. The van der Waals surface area contributed by atoms with Crippen molar-refractivity contribution in [1.82, 2.24) is 10.0 Å². The molecule has 0 aliphatic carbocycles. The van der Waals surface area contributed by atoms with Gasteiger partial charge in [-0.15, -0.1) is 0 Å². The Kier molecular flexibility index (Phi) is 6.88. The predicted molar refractivity (Wildman–Crippen MR) is 89.1 cm³/mol. The SMILES string of the molecule is CCNS(=O)(=O)c1ccc(F)c(C(=O)NC[C@@H](O)C2CCOCC2)c1. The number of aliphatic hydroxyl groups is 1. The van der Waals surface area contributed by atoms with Crippen LogP contribution in [0.15, 0.2) is 23.1 Å². The molecule has 25 heavy (non-hydrogen) atoms. The maximum Gasteiger partial charge on any atom is 0.254 e. The highest BCUT2D eigenvalue weighted by molar-refractivity contribution is 7.89. The van der Waals surface area contributed by atoms with Crippen molar-refractivity contribution < 1.29 is 27.4 Å². The van der Waals surface area contributed by atoms with E-state index < -0.39 is 27.9 Å². The number of ether oxygens (including phenoxy) is 1. The van der Waals surface area contributed by atoms with E-state index in [1.54, 1.807) is 6.92 Å². The minimum Gasteiger partial charge on any atom is -0.391 e. The van der Waals surface area contributed by atoms with Gasteiger partial charge in [0.2, 0.25) is 10.0 Å². The van der Waals surface area contributed by atoms with Gasteiger partial charge in [0, 0.05) is 26.3 Å². The van der Waals surface area contributed by atoms with E-state index in [4.69, 9.17) is 4.74 Å². The molecule has 7 nitrogen and oxygen atoms in total. The highest BCUT2D eigenvalue weighted by Gasteiger charge is 2.24. The molecule has 1 amide bonds. The van der Waals surface area contributed by atoms with Gasteiger partial charge in [-0.05, 0) is 37.0 Å². The number of benzene rings is 1. The fraction of sp³-hybridized carbons (Fsp3) is 0.562. The van der Waals surface area contributed by atoms with Gasteiger partial charge in [-0.2, -0.15) is 0 Å². The van der Waals surface area contributed by atoms with Crippen LogP contribution in [0.2, 0.25) is 0 Å². The number of aliphatic hydroxyl groups excluding tert-OH is 1. The van der Waals surface area contributed by atoms with Crippen LogP contribution in [0.25, 0.3) is 0 Å². The monoisotopic (exact) mass is 374 g/mol. The number of nitrogens with one attached hydrogen (secondary N) is 2. The minimum absolute atomic E-state index is 0.0133. The third-order valence-electron chi connectivity index (χ3n) is 4.11. The molecule has 1 aliphatic rings. The van der Waals surface area contributed by atoms with Crippen LogP contribution in [0.1, 0.15) is 30.1 Å². The first-order valence-corrected chi connectivity index (χ1v) is 9.66. The lowest BCUT2D eigenvalue weighted by Gasteiger charge is -2.26. The fourth-order valence-corrected chi connectivity index (χ4v) is 3.75. The molecule has 0 saturated carbocycles. The second kappa shape index (κ2) is 8.70. The molecule has 2 rings (SSSR count). The molecule has 1 atom stereocenters. The number of hydrogen-bond donors (Lipinski definition) is 3. The Morgan fingerprint density at radius 2 is 2.08 bits per heavy atom. The van der Waals surface area contributed by atoms with Crippen LogP contribution < -0.4 is 10.0 Å². The molecule has 0 unspecified atom stereocenters. The number of halogens is 1. The van der Waals surface area contributed by atoms with Gasteiger partial charge in [0.25, 0.3) is 5.91 Å². The summed E-state index contributed by atoms with van der Waals surface area (Å²) in [5.74, 6) is -1.58. The van der Waals surface area contributed by atoms with Gasteiger partial charge in [-0.3, -0.25) is 4.79 Å². The highest BCUT2D eigenvalue weighted by Crippen LogP contribution is 2.19. The number of carbonyl (C=O) groups is 1. The van der Waals surface area contributed by atoms with Gasteiger partial charge in [0.1, 0.15) is 5.82 Å². The average molecular weight is 374 g/mol. The quantitative estimate of drug-likeness (QED) is 0.650. The molecule has 1 aliphatic heterocycles. The molecule has 0 bridgehead atoms. The molecule has 1 heterocycles. The van der Waals surface area contributed by atoms with Crippen molar-refractivity contribution in [3.63, 3.8) is 0 Å². The van der Waals surface area contributed by atoms with Crippen LogP contribution in [0.4, 0.5) is 4.39 Å². The van der Waals surface area contributed by atoms with Crippen molar-refractivity contribution in [2.45, 2.75) is 30.8 Å². The number of carbonyl (C=O) groups excluding carboxylic acids is 1. The molecule has 140 valence electrons. The van der Waals surface area contributed by atoms with Gasteiger partial charge in [0.15, 0.2) is 0 Å². The summed E-state index contributed by atoms with van der Waals surface area (Å²) in [7, 11) is -3.79. The molecular weight excluding hydrogens is 351 g/mol. The Hall–Kier alpha value is -1.55. The van der Waals surface area contributed by atoms with Crippen LogP contribution in [-0.2, 0) is 14.8 Å². The maximum absolute atomic E-state index is 13.9. The summed E-state index contributed by atoms with van der Waals surface area (Å²) < 4.78 is 45.4. The Morgan fingerprint density at radius 1 is 1.40 bits per heavy atom. The largest absolute Gasteiger partial charge is 0.391 e. The van der Waals surface area contributed by atoms with Gasteiger partial charge in [-0.1, -0.05) is 6.92 Å². The van der Waals surface area contributed by atoms with Crippen LogP contribution in [0.3, 0.4) is 0 Å². The summed E-state index contributed by atoms with van der Waals surface area (Å²) in [4.78, 5) is 12.0. The van der Waals surface area contributed by atoms with E-state index >= 15 is 0 Å². The standard InChI is InChI=1S/C16H23FN2O5S/c1-2-19-25(22,23)12-3-4-14(17)13(9-12)16(21)18-10-15(20)11-5-7-24-8-6-11/h3-4,9,11,15,19-20H,2,5-8,10H2,1H3,(H,18,21)/t15-/m1/s1. The molecule has 9 heteroatoms. The zero-order valence-corrected chi connectivity index (χ0v) is 14.8. The van der Waals surface area contributed by atoms with Crippen LogP contribution in [-0.4, -0.2) is 51.8 Å². The summed E-state index contributed by atoms with van der Waals surface area (Å²) in [6.07, 6.45) is 0.633. The van der Waals surface area contributed by atoms with E-state index in [-0.39, 0.29) is 29.5 Å². The Bertz CT molecular complexity index is 704. The van der Waals surface area contributed by atoms with Crippen LogP contribution in [0, 0.1) is 11.7 Å². The number of sulfonamides is 1. The van der Waals surface area contributed by atoms with Gasteiger partial charge in [-0.25, -0.2) is 17.5 Å².